The number of aliphatic hydroxyl groups excluding tert-OH is 2. The van der Waals surface area contributed by atoms with Crippen molar-refractivity contribution in [3.8, 4) is 23.0 Å². The molecule has 4 aliphatic carbocycles. The van der Waals surface area contributed by atoms with Crippen molar-refractivity contribution < 1.29 is 48.3 Å². The third kappa shape index (κ3) is 23.0. The molecule has 3 atom stereocenters. The van der Waals surface area contributed by atoms with E-state index in [1.807, 2.05) is 123 Å². The van der Waals surface area contributed by atoms with Crippen LogP contribution in [0.5, 0.6) is 23.0 Å². The highest BCUT2D eigenvalue weighted by Crippen LogP contribution is 2.37. The third-order valence-corrected chi connectivity index (χ3v) is 14.9. The second kappa shape index (κ2) is 41.5. The van der Waals surface area contributed by atoms with Crippen molar-refractivity contribution in [1.29, 1.82) is 0 Å². The van der Waals surface area contributed by atoms with Crippen LogP contribution in [0.15, 0.2) is 171 Å². The van der Waals surface area contributed by atoms with Crippen LogP contribution >= 0.6 is 12.4 Å². The number of hydrogen-bond acceptors (Lipinski definition) is 15. The van der Waals surface area contributed by atoms with Gasteiger partial charge in [-0.2, -0.15) is 0 Å². The monoisotopic (exact) mass is 1240 g/mol. The highest BCUT2D eigenvalue weighted by atomic mass is 35.5. The Bertz CT molecular complexity index is 3450. The number of Topliss-reactive ketones (excluding diaryl/α,β-unsaturated/α-hetero) is 3. The van der Waals surface area contributed by atoms with Crippen molar-refractivity contribution >= 4 is 47.7 Å². The van der Waals surface area contributed by atoms with Gasteiger partial charge in [-0.25, -0.2) is 0 Å². The van der Waals surface area contributed by atoms with Crippen LogP contribution in [0.3, 0.4) is 0 Å². The number of allylic oxidation sites excluding steroid dienone is 1. The fraction of sp³-hybridized carbons (Fsp3) is 0.324. The van der Waals surface area contributed by atoms with Crippen molar-refractivity contribution in [2.75, 3.05) is 42.2 Å². The Labute approximate surface area is 538 Å². The van der Waals surface area contributed by atoms with Crippen LogP contribution in [-0.4, -0.2) is 102 Å². The maximum atomic E-state index is 12.3. The summed E-state index contributed by atoms with van der Waals surface area (Å²) < 4.78 is 21.0. The van der Waals surface area contributed by atoms with Crippen molar-refractivity contribution in [2.45, 2.75) is 117 Å². The van der Waals surface area contributed by atoms with Crippen molar-refractivity contribution in [2.24, 2.45) is 5.73 Å². The number of aromatic nitrogens is 4. The molecule has 0 saturated heterocycles. The number of ketones is 3. The molecule has 0 saturated carbocycles. The van der Waals surface area contributed by atoms with Gasteiger partial charge in [0, 0.05) is 118 Å². The quantitative estimate of drug-likeness (QED) is 0.0855. The molecule has 4 heterocycles. The van der Waals surface area contributed by atoms with Gasteiger partial charge in [-0.1, -0.05) is 63.7 Å². The molecular formula is C74H90ClN5O10. The van der Waals surface area contributed by atoms with E-state index in [1.54, 1.807) is 72.3 Å². The molecule has 0 spiro atoms. The zero-order valence-corrected chi connectivity index (χ0v) is 53.3. The molecule has 3 unspecified atom stereocenters. The number of halogens is 1. The first kappa shape index (κ1) is 75.5. The number of carbonyl (C=O) groups is 4. The minimum Gasteiger partial charge on any atom is -0.497 e. The van der Waals surface area contributed by atoms with Gasteiger partial charge in [0.1, 0.15) is 34.6 Å². The Morgan fingerprint density at radius 2 is 1.01 bits per heavy atom. The molecule has 0 aliphatic heterocycles. The topological polar surface area (TPSA) is 223 Å². The van der Waals surface area contributed by atoms with Crippen LogP contribution in [-0.2, 0) is 59.3 Å². The highest BCUT2D eigenvalue weighted by molar-refractivity contribution is 6.26. The molecule has 90 heavy (non-hydrogen) atoms. The average molecular weight is 1250 g/mol. The minimum absolute atomic E-state index is 0. The van der Waals surface area contributed by atoms with Crippen molar-refractivity contribution in [3.63, 3.8) is 0 Å². The molecule has 0 fully saturated rings. The number of aliphatic hydroxyl groups is 2. The first-order chi connectivity index (χ1) is 43.0. The van der Waals surface area contributed by atoms with Crippen LogP contribution in [0.1, 0.15) is 137 Å². The van der Waals surface area contributed by atoms with E-state index in [0.29, 0.717) is 48.7 Å². The van der Waals surface area contributed by atoms with Gasteiger partial charge in [0.2, 0.25) is 0 Å². The van der Waals surface area contributed by atoms with Crippen LogP contribution in [0.2, 0.25) is 0 Å². The van der Waals surface area contributed by atoms with Gasteiger partial charge in [0.25, 0.3) is 0 Å². The molecule has 478 valence electrons. The standard InChI is InChI=1S/C17H20N2O.C17H17NO2.C17H15NO2.C11H12O2.C6H5NO.C2H6O.C2H6.CH4O.CH4.ClH/c1-20-14-5-6-15-13(10-14)4-7-17(18)16(15)9-12-3-2-8-19-11-12;2*1-20-14-5-6-15-13(10-14)4-7-17(19)16(15)9-12-3-2-8-18-11-12;1-13-11-5-3-8-6-10(12)4-2-9(8)7-11;8-5-6-2-1-3-7-4-6;1-2-3;2*1-2;;/h2-3,5-6,8,10-11,16-17H,4,7,9,18H2,1H3;2-3,5-6,8,10-11,16H,4,7,9H2,1H3;2-3,5-6,8-11H,4,7H2,1H3;3,5,7H,2,4,6H2,1H3;1-5H;3H,2H2,1H3;1-2H3;2H,1H3;1H4;1H. The van der Waals surface area contributed by atoms with Crippen LogP contribution < -0.4 is 24.7 Å². The summed E-state index contributed by atoms with van der Waals surface area (Å²) in [6.45, 7) is 5.93. The lowest BCUT2D eigenvalue weighted by Crippen LogP contribution is -2.34. The van der Waals surface area contributed by atoms with E-state index in [2.05, 4.69) is 44.2 Å². The number of rotatable bonds is 10. The molecular weight excluding hydrogens is 1150 g/mol. The Hall–Kier alpha value is -8.73. The van der Waals surface area contributed by atoms with Gasteiger partial charge < -0.3 is 34.9 Å². The molecule has 4 aromatic heterocycles. The number of aryl methyl sites for hydroxylation is 4. The number of nitrogens with zero attached hydrogens (tertiary/aromatic N) is 4. The largest absolute Gasteiger partial charge is 0.497 e. The lowest BCUT2D eigenvalue weighted by atomic mass is 9.77. The number of hydrogen-bond donors (Lipinski definition) is 3. The van der Waals surface area contributed by atoms with E-state index >= 15 is 0 Å². The van der Waals surface area contributed by atoms with E-state index in [4.69, 9.17) is 34.9 Å². The van der Waals surface area contributed by atoms with Gasteiger partial charge in [-0.05, 0) is 198 Å². The van der Waals surface area contributed by atoms with Crippen LogP contribution in [0.25, 0.3) is 11.6 Å². The zero-order valence-electron chi connectivity index (χ0n) is 52.5. The Morgan fingerprint density at radius 3 is 1.53 bits per heavy atom. The predicted octanol–water partition coefficient (Wildman–Crippen LogP) is 13.1. The maximum absolute atomic E-state index is 12.3. The first-order valence-electron chi connectivity index (χ1n) is 29.8. The van der Waals surface area contributed by atoms with E-state index in [9.17, 15) is 19.2 Å². The SMILES string of the molecule is C.CC.CCO.CO.COc1ccc2c(c1)CCC(=O)C2.COc1ccc2c(c1)CCC(=O)C2=Cc1cccnc1.COc1ccc2c(c1)CCC(=O)C2Cc1cccnc1.COc1ccc2c(c1)CCC(N)C2Cc1cccnc1.Cl.O=Cc1cccnc1. The summed E-state index contributed by atoms with van der Waals surface area (Å²) in [7, 11) is 7.70. The van der Waals surface area contributed by atoms with E-state index < -0.39 is 0 Å². The first-order valence-corrected chi connectivity index (χ1v) is 29.8. The smallest absolute Gasteiger partial charge is 0.163 e. The Morgan fingerprint density at radius 1 is 0.544 bits per heavy atom. The Balaban J connectivity index is 0.000000292. The molecule has 4 aromatic carbocycles. The lowest BCUT2D eigenvalue weighted by molar-refractivity contribution is -0.121. The number of benzene rings is 4. The highest BCUT2D eigenvalue weighted by Gasteiger charge is 2.29. The summed E-state index contributed by atoms with van der Waals surface area (Å²) >= 11 is 0. The summed E-state index contributed by atoms with van der Waals surface area (Å²) in [5.74, 6) is 4.68. The van der Waals surface area contributed by atoms with Crippen molar-refractivity contribution in [3.05, 3.63) is 238 Å². The van der Waals surface area contributed by atoms with E-state index in [1.165, 1.54) is 39.6 Å². The van der Waals surface area contributed by atoms with E-state index in [-0.39, 0.29) is 44.2 Å². The van der Waals surface area contributed by atoms with Crippen LogP contribution in [0.4, 0.5) is 0 Å². The minimum atomic E-state index is -0.0474. The second-order valence-electron chi connectivity index (χ2n) is 20.4. The number of ether oxygens (including phenoxy) is 4. The summed E-state index contributed by atoms with van der Waals surface area (Å²) in [4.78, 5) is 61.7. The lowest BCUT2D eigenvalue weighted by Gasteiger charge is -2.31. The molecule has 12 rings (SSSR count). The third-order valence-electron chi connectivity index (χ3n) is 14.9. The average Bonchev–Trinajstić information content (AvgIpc) is 1.04. The summed E-state index contributed by atoms with van der Waals surface area (Å²) in [6, 6.07) is 39.7. The molecule has 0 amide bonds. The number of methoxy groups -OCH3 is 4. The molecule has 8 aromatic rings. The fourth-order valence-electron chi connectivity index (χ4n) is 10.6. The molecule has 4 aliphatic rings. The Kier molecular flexibility index (Phi) is 34.8. The summed E-state index contributed by atoms with van der Waals surface area (Å²) in [5, 5.41) is 14.6. The fourth-order valence-corrected chi connectivity index (χ4v) is 10.6. The van der Waals surface area contributed by atoms with Gasteiger partial charge in [0.05, 0.1) is 28.4 Å². The van der Waals surface area contributed by atoms with Crippen LogP contribution in [0, 0.1) is 0 Å². The van der Waals surface area contributed by atoms with Gasteiger partial charge in [-0.15, -0.1) is 12.4 Å². The molecule has 0 bridgehead atoms. The number of fused-ring (bicyclic) bond motifs is 4. The number of pyridine rings is 4. The predicted molar refractivity (Wildman–Crippen MR) is 361 cm³/mol. The normalized spacial score (nSPS) is 15.5. The summed E-state index contributed by atoms with van der Waals surface area (Å²) in [5.41, 5.74) is 20.8. The molecule has 0 radical (unpaired) electrons. The summed E-state index contributed by atoms with van der Waals surface area (Å²) in [6.07, 6.45) is 25.3. The molecule has 15 nitrogen and oxygen atoms in total. The van der Waals surface area contributed by atoms with Gasteiger partial charge in [0.15, 0.2) is 12.1 Å². The maximum Gasteiger partial charge on any atom is 0.163 e. The van der Waals surface area contributed by atoms with Gasteiger partial charge in [-0.3, -0.25) is 39.1 Å². The van der Waals surface area contributed by atoms with Gasteiger partial charge >= 0.3 is 0 Å². The number of nitrogens with two attached hydrogens (primary N) is 1. The van der Waals surface area contributed by atoms with E-state index in [0.717, 1.165) is 115 Å². The molecule has 4 N–H and O–H groups in total. The number of aldehydes is 1. The number of carbonyl (C=O) groups excluding carboxylic acids is 4. The van der Waals surface area contributed by atoms with Crippen molar-refractivity contribution in [1.82, 2.24) is 19.9 Å². The molecule has 16 heteroatoms. The zero-order chi connectivity index (χ0) is 63.6. The second-order valence-corrected chi connectivity index (χ2v) is 20.4.